The molecule has 21 heavy (non-hydrogen) atoms. The lowest BCUT2D eigenvalue weighted by atomic mass is 10.2. The van der Waals surface area contributed by atoms with E-state index in [0.717, 1.165) is 11.3 Å². The van der Waals surface area contributed by atoms with Crippen molar-refractivity contribution in [2.75, 3.05) is 0 Å². The number of hydrogen-bond acceptors (Lipinski definition) is 6. The molecule has 0 bridgehead atoms. The van der Waals surface area contributed by atoms with Crippen LogP contribution in [0.15, 0.2) is 21.7 Å². The number of sulfonamides is 1. The lowest BCUT2D eigenvalue weighted by Crippen LogP contribution is -2.47. The van der Waals surface area contributed by atoms with Gasteiger partial charge in [-0.2, -0.15) is 0 Å². The number of rotatable bonds is 4. The third kappa shape index (κ3) is 5.72. The van der Waals surface area contributed by atoms with Crippen LogP contribution < -0.4 is 10.0 Å². The van der Waals surface area contributed by atoms with Gasteiger partial charge in [-0.25, -0.2) is 17.9 Å². The molecule has 0 aromatic carbocycles. The molecule has 7 nitrogen and oxygen atoms in total. The van der Waals surface area contributed by atoms with Gasteiger partial charge in [0.15, 0.2) is 0 Å². The van der Waals surface area contributed by atoms with Gasteiger partial charge in [-0.1, -0.05) is 6.07 Å². The van der Waals surface area contributed by atoms with Crippen molar-refractivity contribution in [3.8, 4) is 0 Å². The van der Waals surface area contributed by atoms with Crippen LogP contribution >= 0.6 is 11.3 Å². The van der Waals surface area contributed by atoms with Gasteiger partial charge < -0.3 is 10.1 Å². The highest BCUT2D eigenvalue weighted by Crippen LogP contribution is 2.15. The van der Waals surface area contributed by atoms with E-state index in [0.29, 0.717) is 0 Å². The van der Waals surface area contributed by atoms with E-state index in [2.05, 4.69) is 5.32 Å². The molecule has 0 spiro atoms. The van der Waals surface area contributed by atoms with Crippen LogP contribution in [0.2, 0.25) is 0 Å². The quantitative estimate of drug-likeness (QED) is 0.868. The molecule has 0 aliphatic heterocycles. The number of amides is 2. The highest BCUT2D eigenvalue weighted by molar-refractivity contribution is 7.92. The number of hydrogen-bond donors (Lipinski definition) is 2. The zero-order valence-corrected chi connectivity index (χ0v) is 13.8. The first-order chi connectivity index (χ1) is 9.51. The standard InChI is InChI=1S/C12H18N2O5S2/c1-8(13-11(16)19-12(2,3)4)10(15)14-21(17,18)9-6-5-7-20-9/h5-8H,1-4H3,(H,13,16)(H,14,15). The van der Waals surface area contributed by atoms with E-state index in [4.69, 9.17) is 4.74 Å². The second-order valence-corrected chi connectivity index (χ2v) is 8.13. The van der Waals surface area contributed by atoms with Crippen LogP contribution in [-0.2, 0) is 19.6 Å². The third-order valence-corrected chi connectivity index (χ3v) is 4.87. The summed E-state index contributed by atoms with van der Waals surface area (Å²) in [5.41, 5.74) is -0.705. The molecule has 1 atom stereocenters. The Hall–Kier alpha value is -1.61. The van der Waals surface area contributed by atoms with Crippen molar-refractivity contribution in [3.05, 3.63) is 17.5 Å². The van der Waals surface area contributed by atoms with Crippen molar-refractivity contribution in [2.45, 2.75) is 43.5 Å². The fourth-order valence-electron chi connectivity index (χ4n) is 1.24. The molecule has 0 saturated heterocycles. The largest absolute Gasteiger partial charge is 0.444 e. The van der Waals surface area contributed by atoms with E-state index < -0.39 is 33.7 Å². The second-order valence-electron chi connectivity index (χ2n) is 5.27. The van der Waals surface area contributed by atoms with Crippen LogP contribution in [0.4, 0.5) is 4.79 Å². The fraction of sp³-hybridized carbons (Fsp3) is 0.500. The Morgan fingerprint density at radius 3 is 2.43 bits per heavy atom. The normalized spacial score (nSPS) is 13.3. The highest BCUT2D eigenvalue weighted by atomic mass is 32.2. The summed E-state index contributed by atoms with van der Waals surface area (Å²) >= 11 is 0.991. The summed E-state index contributed by atoms with van der Waals surface area (Å²) in [5, 5.41) is 3.85. The van der Waals surface area contributed by atoms with Gasteiger partial charge in [-0.15, -0.1) is 11.3 Å². The van der Waals surface area contributed by atoms with Crippen molar-refractivity contribution < 1.29 is 22.7 Å². The van der Waals surface area contributed by atoms with E-state index >= 15 is 0 Å². The Labute approximate surface area is 127 Å². The highest BCUT2D eigenvalue weighted by Gasteiger charge is 2.25. The average molecular weight is 334 g/mol. The van der Waals surface area contributed by atoms with Crippen molar-refractivity contribution in [1.82, 2.24) is 10.0 Å². The summed E-state index contributed by atoms with van der Waals surface area (Å²) < 4.78 is 30.6. The molecule has 1 aromatic heterocycles. The topological polar surface area (TPSA) is 102 Å². The van der Waals surface area contributed by atoms with E-state index in [-0.39, 0.29) is 4.21 Å². The van der Waals surface area contributed by atoms with Gasteiger partial charge in [-0.05, 0) is 39.1 Å². The summed E-state index contributed by atoms with van der Waals surface area (Å²) in [6.07, 6.45) is -0.793. The van der Waals surface area contributed by atoms with Gasteiger partial charge in [-0.3, -0.25) is 4.79 Å². The van der Waals surface area contributed by atoms with E-state index in [1.165, 1.54) is 13.0 Å². The molecule has 0 aliphatic carbocycles. The predicted octanol–water partition coefficient (Wildman–Crippen LogP) is 1.47. The molecule has 2 amide bonds. The molecule has 1 unspecified atom stereocenters. The summed E-state index contributed by atoms with van der Waals surface area (Å²) in [6, 6.07) is 1.90. The van der Waals surface area contributed by atoms with Gasteiger partial charge in [0.1, 0.15) is 15.9 Å². The SMILES string of the molecule is CC(NC(=O)OC(C)(C)C)C(=O)NS(=O)(=O)c1cccs1. The van der Waals surface area contributed by atoms with E-state index in [1.54, 1.807) is 32.2 Å². The van der Waals surface area contributed by atoms with Crippen LogP contribution in [-0.4, -0.2) is 32.1 Å². The molecule has 9 heteroatoms. The number of thiophene rings is 1. The number of alkyl carbamates (subject to hydrolysis) is 1. The van der Waals surface area contributed by atoms with Crippen LogP contribution in [0.25, 0.3) is 0 Å². The summed E-state index contributed by atoms with van der Waals surface area (Å²) in [4.78, 5) is 23.3. The zero-order valence-electron chi connectivity index (χ0n) is 12.2. The lowest BCUT2D eigenvalue weighted by Gasteiger charge is -2.21. The van der Waals surface area contributed by atoms with Crippen LogP contribution in [0, 0.1) is 0 Å². The zero-order chi connectivity index (χ0) is 16.3. The van der Waals surface area contributed by atoms with Crippen molar-refractivity contribution in [1.29, 1.82) is 0 Å². The minimum atomic E-state index is -3.91. The van der Waals surface area contributed by atoms with Crippen molar-refractivity contribution in [2.24, 2.45) is 0 Å². The Morgan fingerprint density at radius 1 is 1.33 bits per heavy atom. The monoisotopic (exact) mass is 334 g/mol. The predicted molar refractivity (Wildman–Crippen MR) is 78.5 cm³/mol. The molecular formula is C12H18N2O5S2. The molecule has 1 rings (SSSR count). The summed E-state index contributed by atoms with van der Waals surface area (Å²) in [6.45, 7) is 6.40. The molecular weight excluding hydrogens is 316 g/mol. The second kappa shape index (κ2) is 6.44. The Kier molecular flexibility index (Phi) is 5.35. The first-order valence-corrected chi connectivity index (χ1v) is 8.47. The maximum Gasteiger partial charge on any atom is 0.408 e. The fourth-order valence-corrected chi connectivity index (χ4v) is 3.28. The third-order valence-electron chi connectivity index (χ3n) is 2.12. The average Bonchev–Trinajstić information content (AvgIpc) is 2.78. The first-order valence-electron chi connectivity index (χ1n) is 6.11. The van der Waals surface area contributed by atoms with Gasteiger partial charge in [0.2, 0.25) is 0 Å². The molecule has 0 aliphatic rings. The van der Waals surface area contributed by atoms with Gasteiger partial charge in [0.05, 0.1) is 0 Å². The molecule has 1 heterocycles. The smallest absolute Gasteiger partial charge is 0.408 e. The first kappa shape index (κ1) is 17.4. The summed E-state index contributed by atoms with van der Waals surface area (Å²) in [5.74, 6) is -0.839. The van der Waals surface area contributed by atoms with Crippen molar-refractivity contribution >= 4 is 33.4 Å². The minimum absolute atomic E-state index is 0.0281. The van der Waals surface area contributed by atoms with E-state index in [1.807, 2.05) is 4.72 Å². The maximum absolute atomic E-state index is 11.9. The molecule has 118 valence electrons. The molecule has 2 N–H and O–H groups in total. The minimum Gasteiger partial charge on any atom is -0.444 e. The number of ether oxygens (including phenoxy) is 1. The number of carbonyl (C=O) groups excluding carboxylic acids is 2. The van der Waals surface area contributed by atoms with Crippen LogP contribution in [0.5, 0.6) is 0 Å². The maximum atomic E-state index is 11.9. The van der Waals surface area contributed by atoms with Gasteiger partial charge in [0.25, 0.3) is 15.9 Å². The molecule has 0 saturated carbocycles. The van der Waals surface area contributed by atoms with Crippen molar-refractivity contribution in [3.63, 3.8) is 0 Å². The Bertz CT molecular complexity index is 602. The Balaban J connectivity index is 2.62. The molecule has 0 fully saturated rings. The number of nitrogens with one attached hydrogen (secondary N) is 2. The number of carbonyl (C=O) groups is 2. The lowest BCUT2D eigenvalue weighted by molar-refractivity contribution is -0.121. The van der Waals surface area contributed by atoms with Gasteiger partial charge >= 0.3 is 6.09 Å². The van der Waals surface area contributed by atoms with Gasteiger partial charge in [0, 0.05) is 0 Å². The van der Waals surface area contributed by atoms with E-state index in [9.17, 15) is 18.0 Å². The summed E-state index contributed by atoms with van der Waals surface area (Å²) in [7, 11) is -3.91. The Morgan fingerprint density at radius 2 is 1.95 bits per heavy atom. The van der Waals surface area contributed by atoms with Crippen LogP contribution in [0.1, 0.15) is 27.7 Å². The van der Waals surface area contributed by atoms with Crippen LogP contribution in [0.3, 0.4) is 0 Å². The molecule has 0 radical (unpaired) electrons. The molecule has 1 aromatic rings.